The first-order valence-corrected chi connectivity index (χ1v) is 7.28. The Kier molecular flexibility index (Phi) is 5.01. The Morgan fingerprint density at radius 1 is 1.30 bits per heavy atom. The lowest BCUT2D eigenvalue weighted by Crippen LogP contribution is -2.27. The Morgan fingerprint density at radius 2 is 2.05 bits per heavy atom. The number of hydrogen-bond donors (Lipinski definition) is 1. The molecular formula is C15H18N2O2S. The van der Waals surface area contributed by atoms with E-state index >= 15 is 0 Å². The number of benzene rings is 1. The average Bonchev–Trinajstić information content (AvgIpc) is 2.93. The van der Waals surface area contributed by atoms with Crippen LogP contribution in [0.15, 0.2) is 41.8 Å². The highest BCUT2D eigenvalue weighted by atomic mass is 32.1. The van der Waals surface area contributed by atoms with E-state index in [9.17, 15) is 4.79 Å². The number of nitrogen functional groups attached to an aromatic ring is 1. The number of thiophene rings is 1. The molecule has 1 aromatic heterocycles. The van der Waals surface area contributed by atoms with Crippen molar-refractivity contribution in [3.63, 3.8) is 0 Å². The van der Waals surface area contributed by atoms with Crippen LogP contribution in [0.5, 0.6) is 5.75 Å². The van der Waals surface area contributed by atoms with Gasteiger partial charge in [0.15, 0.2) is 0 Å². The molecule has 2 N–H and O–H groups in total. The van der Waals surface area contributed by atoms with Gasteiger partial charge in [-0.15, -0.1) is 11.3 Å². The summed E-state index contributed by atoms with van der Waals surface area (Å²) >= 11 is 1.65. The molecule has 0 saturated heterocycles. The number of carbonyl (C=O) groups is 1. The van der Waals surface area contributed by atoms with E-state index in [2.05, 4.69) is 0 Å². The molecule has 1 amide bonds. The second-order valence-electron chi connectivity index (χ2n) is 4.50. The molecule has 2 rings (SSSR count). The third-order valence-corrected chi connectivity index (χ3v) is 3.72. The van der Waals surface area contributed by atoms with E-state index < -0.39 is 0 Å². The molecule has 0 unspecified atom stereocenters. The maximum Gasteiger partial charge on any atom is 0.226 e. The molecule has 4 nitrogen and oxygen atoms in total. The normalized spacial score (nSPS) is 10.2. The summed E-state index contributed by atoms with van der Waals surface area (Å²) < 4.78 is 5.52. The van der Waals surface area contributed by atoms with Gasteiger partial charge in [0.1, 0.15) is 5.75 Å². The first-order valence-electron chi connectivity index (χ1n) is 6.40. The van der Waals surface area contributed by atoms with E-state index in [1.807, 2.05) is 24.6 Å². The average molecular weight is 290 g/mol. The van der Waals surface area contributed by atoms with Gasteiger partial charge in [-0.05, 0) is 35.7 Å². The Bertz CT molecular complexity index is 538. The van der Waals surface area contributed by atoms with Gasteiger partial charge in [-0.3, -0.25) is 4.79 Å². The fourth-order valence-corrected chi connectivity index (χ4v) is 2.49. The van der Waals surface area contributed by atoms with Crippen LogP contribution in [-0.2, 0) is 11.3 Å². The Balaban J connectivity index is 1.73. The lowest BCUT2D eigenvalue weighted by Gasteiger charge is -2.16. The number of rotatable bonds is 6. The largest absolute Gasteiger partial charge is 0.493 e. The molecule has 0 atom stereocenters. The zero-order chi connectivity index (χ0) is 14.4. The molecule has 0 aliphatic heterocycles. The van der Waals surface area contributed by atoms with Gasteiger partial charge >= 0.3 is 0 Å². The van der Waals surface area contributed by atoms with Crippen LogP contribution in [0, 0.1) is 0 Å². The highest BCUT2D eigenvalue weighted by Gasteiger charge is 2.09. The van der Waals surface area contributed by atoms with Crippen molar-refractivity contribution in [1.82, 2.24) is 4.90 Å². The van der Waals surface area contributed by atoms with Crippen molar-refractivity contribution in [3.05, 3.63) is 46.7 Å². The summed E-state index contributed by atoms with van der Waals surface area (Å²) in [6, 6.07) is 11.2. The van der Waals surface area contributed by atoms with Gasteiger partial charge in [0, 0.05) is 17.6 Å². The summed E-state index contributed by atoms with van der Waals surface area (Å²) in [4.78, 5) is 14.8. The zero-order valence-corrected chi connectivity index (χ0v) is 12.2. The van der Waals surface area contributed by atoms with E-state index in [1.54, 1.807) is 40.5 Å². The fourth-order valence-electron chi connectivity index (χ4n) is 1.74. The molecule has 1 heterocycles. The van der Waals surface area contributed by atoms with Crippen LogP contribution >= 0.6 is 11.3 Å². The van der Waals surface area contributed by atoms with E-state index in [0.717, 1.165) is 5.75 Å². The highest BCUT2D eigenvalue weighted by molar-refractivity contribution is 7.09. The smallest absolute Gasteiger partial charge is 0.226 e. The van der Waals surface area contributed by atoms with Crippen LogP contribution in [0.3, 0.4) is 0 Å². The molecule has 20 heavy (non-hydrogen) atoms. The van der Waals surface area contributed by atoms with Crippen molar-refractivity contribution in [3.8, 4) is 5.75 Å². The number of hydrogen-bond acceptors (Lipinski definition) is 4. The number of amides is 1. The van der Waals surface area contributed by atoms with Gasteiger partial charge < -0.3 is 15.4 Å². The SMILES string of the molecule is CN(Cc1cccs1)C(=O)CCOc1ccc(N)cc1. The summed E-state index contributed by atoms with van der Waals surface area (Å²) in [5, 5.41) is 2.01. The first kappa shape index (κ1) is 14.4. The minimum Gasteiger partial charge on any atom is -0.493 e. The molecule has 1 aromatic carbocycles. The Labute approximate surface area is 122 Å². The number of carbonyl (C=O) groups excluding carboxylic acids is 1. The minimum absolute atomic E-state index is 0.0776. The Hall–Kier alpha value is -2.01. The molecule has 0 saturated carbocycles. The van der Waals surface area contributed by atoms with Crippen molar-refractivity contribution in [2.24, 2.45) is 0 Å². The predicted molar refractivity (Wildman–Crippen MR) is 81.8 cm³/mol. The van der Waals surface area contributed by atoms with E-state index in [-0.39, 0.29) is 5.91 Å². The maximum atomic E-state index is 11.9. The van der Waals surface area contributed by atoms with Gasteiger partial charge in [0.2, 0.25) is 5.91 Å². The summed E-state index contributed by atoms with van der Waals surface area (Å²) in [6.45, 7) is 1.02. The van der Waals surface area contributed by atoms with Crippen LogP contribution < -0.4 is 10.5 Å². The number of nitrogens with zero attached hydrogens (tertiary/aromatic N) is 1. The fraction of sp³-hybridized carbons (Fsp3) is 0.267. The molecule has 0 radical (unpaired) electrons. The van der Waals surface area contributed by atoms with Crippen LogP contribution in [0.1, 0.15) is 11.3 Å². The molecule has 0 fully saturated rings. The third kappa shape index (κ3) is 4.28. The zero-order valence-electron chi connectivity index (χ0n) is 11.4. The van der Waals surface area contributed by atoms with Crippen LogP contribution in [0.25, 0.3) is 0 Å². The summed E-state index contributed by atoms with van der Waals surface area (Å²) in [7, 11) is 1.81. The van der Waals surface area contributed by atoms with Crippen molar-refractivity contribution in [2.75, 3.05) is 19.4 Å². The van der Waals surface area contributed by atoms with E-state index in [0.29, 0.717) is 25.3 Å². The molecular weight excluding hydrogens is 272 g/mol. The number of nitrogens with two attached hydrogens (primary N) is 1. The van der Waals surface area contributed by atoms with Crippen LogP contribution in [-0.4, -0.2) is 24.5 Å². The third-order valence-electron chi connectivity index (χ3n) is 2.86. The maximum absolute atomic E-state index is 11.9. The van der Waals surface area contributed by atoms with Gasteiger partial charge in [0.25, 0.3) is 0 Å². The van der Waals surface area contributed by atoms with Crippen LogP contribution in [0.2, 0.25) is 0 Å². The van der Waals surface area contributed by atoms with Crippen LogP contribution in [0.4, 0.5) is 5.69 Å². The lowest BCUT2D eigenvalue weighted by molar-refractivity contribution is -0.130. The minimum atomic E-state index is 0.0776. The van der Waals surface area contributed by atoms with Crippen molar-refractivity contribution < 1.29 is 9.53 Å². The number of anilines is 1. The first-order chi connectivity index (χ1) is 9.65. The molecule has 5 heteroatoms. The highest BCUT2D eigenvalue weighted by Crippen LogP contribution is 2.14. The van der Waals surface area contributed by atoms with E-state index in [4.69, 9.17) is 10.5 Å². The van der Waals surface area contributed by atoms with Gasteiger partial charge in [-0.25, -0.2) is 0 Å². The number of ether oxygens (including phenoxy) is 1. The summed E-state index contributed by atoms with van der Waals surface area (Å²) in [5.41, 5.74) is 6.29. The Morgan fingerprint density at radius 3 is 2.70 bits per heavy atom. The van der Waals surface area contributed by atoms with Crippen molar-refractivity contribution >= 4 is 22.9 Å². The monoisotopic (exact) mass is 290 g/mol. The summed E-state index contributed by atoms with van der Waals surface area (Å²) in [5.74, 6) is 0.807. The molecule has 0 aliphatic rings. The standard InChI is InChI=1S/C15H18N2O2S/c1-17(11-14-3-2-10-20-14)15(18)8-9-19-13-6-4-12(16)5-7-13/h2-7,10H,8-9,11,16H2,1H3. The van der Waals surface area contributed by atoms with Gasteiger partial charge in [0.05, 0.1) is 19.6 Å². The second kappa shape index (κ2) is 6.96. The quantitative estimate of drug-likeness (QED) is 0.832. The van der Waals surface area contributed by atoms with E-state index in [1.165, 1.54) is 4.88 Å². The molecule has 106 valence electrons. The lowest BCUT2D eigenvalue weighted by atomic mass is 10.3. The second-order valence-corrected chi connectivity index (χ2v) is 5.53. The van der Waals surface area contributed by atoms with Gasteiger partial charge in [-0.2, -0.15) is 0 Å². The van der Waals surface area contributed by atoms with Gasteiger partial charge in [-0.1, -0.05) is 6.07 Å². The summed E-state index contributed by atoms with van der Waals surface area (Å²) in [6.07, 6.45) is 0.367. The molecule has 2 aromatic rings. The molecule has 0 bridgehead atoms. The van der Waals surface area contributed by atoms with Crippen molar-refractivity contribution in [1.29, 1.82) is 0 Å². The predicted octanol–water partition coefficient (Wildman–Crippen LogP) is 2.76. The topological polar surface area (TPSA) is 55.6 Å². The molecule has 0 spiro atoms. The van der Waals surface area contributed by atoms with Crippen molar-refractivity contribution in [2.45, 2.75) is 13.0 Å². The molecule has 0 aliphatic carbocycles.